The molecule has 0 spiro atoms. The van der Waals surface area contributed by atoms with Crippen LogP contribution in [0.1, 0.15) is 70.5 Å². The smallest absolute Gasteiger partial charge is 0.324 e. The first-order valence-corrected chi connectivity index (χ1v) is 15.5. The second-order valence-electron chi connectivity index (χ2n) is 13.5. The van der Waals surface area contributed by atoms with Crippen molar-refractivity contribution in [1.82, 2.24) is 20.2 Å². The zero-order valence-corrected chi connectivity index (χ0v) is 27.8. The summed E-state index contributed by atoms with van der Waals surface area (Å²) in [6.45, 7) is 9.96. The fourth-order valence-electron chi connectivity index (χ4n) is 5.05. The minimum Gasteiger partial charge on any atom is -0.489 e. The molecule has 0 amide bonds. The zero-order chi connectivity index (χ0) is 34.7. The second-order valence-corrected chi connectivity index (χ2v) is 13.5. The van der Waals surface area contributed by atoms with Gasteiger partial charge in [0.25, 0.3) is 5.56 Å². The van der Waals surface area contributed by atoms with Gasteiger partial charge in [-0.3, -0.25) is 19.2 Å². The molecule has 0 aliphatic rings. The van der Waals surface area contributed by atoms with Crippen LogP contribution in [0.15, 0.2) is 82.1 Å². The highest BCUT2D eigenvalue weighted by atomic mass is 16.6. The highest BCUT2D eigenvalue weighted by Crippen LogP contribution is 2.37. The number of esters is 2. The van der Waals surface area contributed by atoms with Gasteiger partial charge in [0.15, 0.2) is 5.41 Å². The van der Waals surface area contributed by atoms with Crippen LogP contribution in [0.5, 0.6) is 5.75 Å². The molecular formula is C36H38N4O8. The van der Waals surface area contributed by atoms with Gasteiger partial charge in [0.1, 0.15) is 34.6 Å². The van der Waals surface area contributed by atoms with Crippen molar-refractivity contribution in [2.45, 2.75) is 78.7 Å². The lowest BCUT2D eigenvalue weighted by Crippen LogP contribution is -2.49. The van der Waals surface area contributed by atoms with Crippen LogP contribution in [0.2, 0.25) is 0 Å². The Labute approximate surface area is 277 Å². The van der Waals surface area contributed by atoms with Crippen molar-refractivity contribution in [2.24, 2.45) is 5.41 Å². The second kappa shape index (κ2) is 13.4. The van der Waals surface area contributed by atoms with Crippen molar-refractivity contribution >= 4 is 39.5 Å². The number of aryl methyl sites for hydroxylation is 1. The van der Waals surface area contributed by atoms with Crippen LogP contribution in [-0.2, 0) is 32.2 Å². The topological polar surface area (TPSA) is 153 Å². The van der Waals surface area contributed by atoms with Gasteiger partial charge in [-0.1, -0.05) is 52.8 Å². The molecule has 12 nitrogen and oxygen atoms in total. The van der Waals surface area contributed by atoms with Crippen molar-refractivity contribution in [3.8, 4) is 5.75 Å². The van der Waals surface area contributed by atoms with Gasteiger partial charge in [0.2, 0.25) is 11.5 Å². The summed E-state index contributed by atoms with van der Waals surface area (Å²) in [4.78, 5) is 55.5. The van der Waals surface area contributed by atoms with Gasteiger partial charge in [-0.25, -0.2) is 4.68 Å². The maximum atomic E-state index is 14.1. The molecule has 0 radical (unpaired) electrons. The molecule has 250 valence electrons. The Bertz CT molecular complexity index is 1990. The number of ketones is 1. The maximum absolute atomic E-state index is 14.1. The van der Waals surface area contributed by atoms with E-state index in [0.717, 1.165) is 10.2 Å². The average molecular weight is 655 g/mol. The summed E-state index contributed by atoms with van der Waals surface area (Å²) in [5.41, 5.74) is -2.99. The van der Waals surface area contributed by atoms with Crippen LogP contribution in [0.3, 0.4) is 0 Å². The van der Waals surface area contributed by atoms with Gasteiger partial charge < -0.3 is 18.7 Å². The highest BCUT2D eigenvalue weighted by molar-refractivity contribution is 6.11. The Morgan fingerprint density at radius 2 is 1.44 bits per heavy atom. The monoisotopic (exact) mass is 654 g/mol. The summed E-state index contributed by atoms with van der Waals surface area (Å²) in [6.07, 6.45) is -1.05. The largest absolute Gasteiger partial charge is 0.489 e. The number of carbonyl (C=O) groups is 3. The molecule has 0 aliphatic heterocycles. The average Bonchev–Trinajstić information content (AvgIpc) is 3.45. The molecule has 0 N–H and O–H groups in total. The molecule has 0 aliphatic carbocycles. The molecule has 0 saturated carbocycles. The van der Waals surface area contributed by atoms with Crippen LogP contribution in [0, 0.1) is 5.41 Å². The summed E-state index contributed by atoms with van der Waals surface area (Å²) in [6, 6.07) is 21.3. The molecular weight excluding hydrogens is 616 g/mol. The number of rotatable bonds is 11. The van der Waals surface area contributed by atoms with E-state index < -0.39 is 46.3 Å². The number of nitrogens with zero attached hydrogens (tertiary/aromatic N) is 4. The van der Waals surface area contributed by atoms with E-state index in [-0.39, 0.29) is 18.7 Å². The van der Waals surface area contributed by atoms with E-state index in [1.54, 1.807) is 84.0 Å². The Morgan fingerprint density at radius 3 is 2.10 bits per heavy atom. The number of aromatic nitrogens is 4. The molecule has 3 aromatic carbocycles. The Balaban J connectivity index is 1.50. The molecule has 0 bridgehead atoms. The number of hydrogen-bond donors (Lipinski definition) is 0. The Morgan fingerprint density at radius 1 is 0.792 bits per heavy atom. The predicted octanol–water partition coefficient (Wildman–Crippen LogP) is 5.84. The zero-order valence-electron chi connectivity index (χ0n) is 27.8. The lowest BCUT2D eigenvalue weighted by Gasteiger charge is -2.34. The van der Waals surface area contributed by atoms with E-state index in [4.69, 9.17) is 18.7 Å². The van der Waals surface area contributed by atoms with Crippen molar-refractivity contribution in [3.05, 3.63) is 94.5 Å². The van der Waals surface area contributed by atoms with Crippen LogP contribution in [0.4, 0.5) is 0 Å². The van der Waals surface area contributed by atoms with Gasteiger partial charge in [0.05, 0.1) is 10.8 Å². The number of carbonyl (C=O) groups excluding carboxylic acids is 3. The van der Waals surface area contributed by atoms with E-state index in [1.165, 1.54) is 0 Å². The van der Waals surface area contributed by atoms with E-state index in [9.17, 15) is 19.2 Å². The molecule has 0 saturated heterocycles. The van der Waals surface area contributed by atoms with Crippen molar-refractivity contribution < 1.29 is 33.1 Å². The first kappa shape index (κ1) is 34.0. The minimum absolute atomic E-state index is 0.154. The number of benzene rings is 3. The first-order chi connectivity index (χ1) is 22.6. The van der Waals surface area contributed by atoms with Gasteiger partial charge in [-0.05, 0) is 77.8 Å². The van der Waals surface area contributed by atoms with Gasteiger partial charge in [-0.15, -0.1) is 5.10 Å². The summed E-state index contributed by atoms with van der Waals surface area (Å²) in [5.74, 6) is -2.31. The standard InChI is InChI=1S/C36H38N4O8/c1-34(2,3)46-32(43)36(33(44)47-35(4,5)6,18-19-40-31(42)26-14-10-11-15-27(26)37-39-40)21-29(41)30-25-17-16-24(20-28(25)38-48-30)45-22-23-12-8-7-9-13-23/h7-17,20H,18-19,21-22H2,1-6H3. The lowest BCUT2D eigenvalue weighted by atomic mass is 9.78. The molecule has 48 heavy (non-hydrogen) atoms. The molecule has 5 aromatic rings. The number of Topliss-reactive ketones (excluding diaryl/α,β-unsaturated/α-hetero) is 1. The Kier molecular flexibility index (Phi) is 9.47. The Hall–Kier alpha value is -5.39. The highest BCUT2D eigenvalue weighted by Gasteiger charge is 2.53. The van der Waals surface area contributed by atoms with Crippen LogP contribution in [0.25, 0.3) is 21.8 Å². The van der Waals surface area contributed by atoms with E-state index in [0.29, 0.717) is 34.2 Å². The molecule has 2 aromatic heterocycles. The summed E-state index contributed by atoms with van der Waals surface area (Å²) >= 11 is 0. The molecule has 2 heterocycles. The molecule has 12 heteroatoms. The third kappa shape index (κ3) is 7.76. The fraction of sp³-hybridized carbons (Fsp3) is 0.361. The SMILES string of the molecule is CC(C)(C)OC(=O)C(CCn1nnc2ccccc2c1=O)(CC(=O)c1onc2cc(OCc3ccccc3)ccc12)C(=O)OC(C)(C)C. The number of hydrogen-bond acceptors (Lipinski definition) is 11. The fourth-order valence-corrected chi connectivity index (χ4v) is 5.05. The van der Waals surface area contributed by atoms with Crippen LogP contribution < -0.4 is 10.3 Å². The summed E-state index contributed by atoms with van der Waals surface area (Å²) in [7, 11) is 0. The first-order valence-electron chi connectivity index (χ1n) is 15.5. The van der Waals surface area contributed by atoms with E-state index in [1.807, 2.05) is 30.3 Å². The van der Waals surface area contributed by atoms with Gasteiger partial charge >= 0.3 is 11.9 Å². The normalized spacial score (nSPS) is 12.2. The third-order valence-corrected chi connectivity index (χ3v) is 7.37. The van der Waals surface area contributed by atoms with Crippen molar-refractivity contribution in [2.75, 3.05) is 0 Å². The quantitative estimate of drug-likeness (QED) is 0.0958. The lowest BCUT2D eigenvalue weighted by molar-refractivity contribution is -0.186. The number of fused-ring (bicyclic) bond motifs is 2. The minimum atomic E-state index is -2.19. The van der Waals surface area contributed by atoms with Crippen molar-refractivity contribution in [3.63, 3.8) is 0 Å². The maximum Gasteiger partial charge on any atom is 0.324 e. The predicted molar refractivity (Wildman–Crippen MR) is 176 cm³/mol. The molecule has 0 unspecified atom stereocenters. The molecule has 0 atom stereocenters. The summed E-state index contributed by atoms with van der Waals surface area (Å²) < 4.78 is 23.9. The van der Waals surface area contributed by atoms with Crippen molar-refractivity contribution in [1.29, 1.82) is 0 Å². The van der Waals surface area contributed by atoms with E-state index in [2.05, 4.69) is 15.5 Å². The van der Waals surface area contributed by atoms with Crippen LogP contribution in [-0.4, -0.2) is 49.1 Å². The summed E-state index contributed by atoms with van der Waals surface area (Å²) in [5, 5.41) is 12.9. The van der Waals surface area contributed by atoms with E-state index >= 15 is 0 Å². The van der Waals surface area contributed by atoms with Gasteiger partial charge in [0, 0.05) is 19.0 Å². The third-order valence-electron chi connectivity index (χ3n) is 7.37. The molecule has 5 rings (SSSR count). The number of ether oxygens (including phenoxy) is 3. The van der Waals surface area contributed by atoms with Crippen LogP contribution >= 0.6 is 0 Å². The molecule has 0 fully saturated rings. The van der Waals surface area contributed by atoms with Gasteiger partial charge in [-0.2, -0.15) is 0 Å².